The Morgan fingerprint density at radius 2 is 1.76 bits per heavy atom. The summed E-state index contributed by atoms with van der Waals surface area (Å²) in [5.41, 5.74) is 2.16. The van der Waals surface area contributed by atoms with Crippen LogP contribution in [0.4, 0.5) is 0 Å². The van der Waals surface area contributed by atoms with Gasteiger partial charge in [0.1, 0.15) is 5.75 Å². The van der Waals surface area contributed by atoms with Crippen LogP contribution in [0, 0.1) is 13.8 Å². The molecule has 0 aromatic heterocycles. The first-order valence-corrected chi connectivity index (χ1v) is 6.48. The molecule has 0 fully saturated rings. The SMILES string of the molecule is COc1cc(C)ccc1C(=O)c1c(C)cccc1C(=O)O. The summed E-state index contributed by atoms with van der Waals surface area (Å²) in [5, 5.41) is 9.27. The minimum Gasteiger partial charge on any atom is -0.496 e. The normalized spacial score (nSPS) is 10.2. The van der Waals surface area contributed by atoms with Crippen molar-refractivity contribution in [3.63, 3.8) is 0 Å². The van der Waals surface area contributed by atoms with Crippen molar-refractivity contribution in [2.75, 3.05) is 7.11 Å². The number of carboxylic acids is 1. The highest BCUT2D eigenvalue weighted by molar-refractivity contribution is 6.16. The predicted octanol–water partition coefficient (Wildman–Crippen LogP) is 3.24. The molecule has 0 unspecified atom stereocenters. The van der Waals surface area contributed by atoms with E-state index in [1.807, 2.05) is 6.92 Å². The first-order chi connectivity index (χ1) is 9.95. The molecule has 0 heterocycles. The number of hydrogen-bond donors (Lipinski definition) is 1. The molecule has 0 amide bonds. The molecule has 0 atom stereocenters. The summed E-state index contributed by atoms with van der Waals surface area (Å²) in [6, 6.07) is 10.0. The summed E-state index contributed by atoms with van der Waals surface area (Å²) >= 11 is 0. The first kappa shape index (κ1) is 14.8. The molecule has 0 spiro atoms. The molecule has 1 N–H and O–H groups in total. The maximum absolute atomic E-state index is 12.7. The zero-order valence-electron chi connectivity index (χ0n) is 12.1. The predicted molar refractivity (Wildman–Crippen MR) is 79.3 cm³/mol. The van der Waals surface area contributed by atoms with Gasteiger partial charge in [-0.1, -0.05) is 18.2 Å². The molecule has 2 rings (SSSR count). The topological polar surface area (TPSA) is 63.6 Å². The highest BCUT2D eigenvalue weighted by Gasteiger charge is 2.22. The van der Waals surface area contributed by atoms with Crippen molar-refractivity contribution in [3.8, 4) is 5.75 Å². The minimum atomic E-state index is -1.12. The molecule has 0 aliphatic heterocycles. The lowest BCUT2D eigenvalue weighted by molar-refractivity contribution is 0.0692. The van der Waals surface area contributed by atoms with E-state index in [0.29, 0.717) is 16.9 Å². The minimum absolute atomic E-state index is 0.00243. The first-order valence-electron chi connectivity index (χ1n) is 6.48. The van der Waals surface area contributed by atoms with Crippen molar-refractivity contribution in [1.29, 1.82) is 0 Å². The molecule has 0 saturated carbocycles. The maximum Gasteiger partial charge on any atom is 0.336 e. The standard InChI is InChI=1S/C17H16O4/c1-10-7-8-12(14(9-10)21-3)16(18)15-11(2)5-4-6-13(15)17(19)20/h4-9H,1-3H3,(H,19,20). The molecule has 0 bridgehead atoms. The van der Waals surface area contributed by atoms with Gasteiger partial charge in [0.25, 0.3) is 0 Å². The summed E-state index contributed by atoms with van der Waals surface area (Å²) in [6.07, 6.45) is 0. The van der Waals surface area contributed by atoms with Crippen LogP contribution < -0.4 is 4.74 Å². The van der Waals surface area contributed by atoms with Gasteiger partial charge in [-0.05, 0) is 43.2 Å². The second kappa shape index (κ2) is 5.79. The molecular weight excluding hydrogens is 268 g/mol. The summed E-state index contributed by atoms with van der Waals surface area (Å²) in [6.45, 7) is 3.62. The van der Waals surface area contributed by atoms with Gasteiger partial charge in [-0.2, -0.15) is 0 Å². The fourth-order valence-corrected chi connectivity index (χ4v) is 2.27. The Kier molecular flexibility index (Phi) is 4.08. The van der Waals surface area contributed by atoms with Crippen LogP contribution in [-0.2, 0) is 0 Å². The zero-order chi connectivity index (χ0) is 15.6. The number of benzene rings is 2. The van der Waals surface area contributed by atoms with E-state index in [2.05, 4.69) is 0 Å². The molecular formula is C17H16O4. The number of methoxy groups -OCH3 is 1. The molecule has 2 aromatic carbocycles. The summed E-state index contributed by atoms with van der Waals surface area (Å²) in [7, 11) is 1.49. The van der Waals surface area contributed by atoms with Crippen molar-refractivity contribution in [2.24, 2.45) is 0 Å². The van der Waals surface area contributed by atoms with Crippen molar-refractivity contribution < 1.29 is 19.4 Å². The fraction of sp³-hybridized carbons (Fsp3) is 0.176. The monoisotopic (exact) mass is 284 g/mol. The third-order valence-electron chi connectivity index (χ3n) is 3.33. The van der Waals surface area contributed by atoms with Crippen LogP contribution in [0.1, 0.15) is 37.4 Å². The number of carbonyl (C=O) groups excluding carboxylic acids is 1. The van der Waals surface area contributed by atoms with Gasteiger partial charge in [-0.15, -0.1) is 0 Å². The number of hydrogen-bond acceptors (Lipinski definition) is 3. The van der Waals surface area contributed by atoms with Gasteiger partial charge in [-0.3, -0.25) is 4.79 Å². The second-order valence-corrected chi connectivity index (χ2v) is 4.84. The Morgan fingerprint density at radius 3 is 2.38 bits per heavy atom. The molecule has 0 aliphatic rings. The van der Waals surface area contributed by atoms with E-state index in [-0.39, 0.29) is 16.9 Å². The number of aromatic carboxylic acids is 1. The average molecular weight is 284 g/mol. The largest absolute Gasteiger partial charge is 0.496 e. The summed E-state index contributed by atoms with van der Waals surface area (Å²) in [4.78, 5) is 24.1. The quantitative estimate of drug-likeness (QED) is 0.875. The van der Waals surface area contributed by atoms with Gasteiger partial charge in [0.05, 0.1) is 18.2 Å². The number of carboxylic acid groups (broad SMARTS) is 1. The van der Waals surface area contributed by atoms with Gasteiger partial charge < -0.3 is 9.84 Å². The van der Waals surface area contributed by atoms with Crippen LogP contribution in [0.3, 0.4) is 0 Å². The lowest BCUT2D eigenvalue weighted by Crippen LogP contribution is -2.12. The van der Waals surface area contributed by atoms with E-state index in [9.17, 15) is 14.7 Å². The highest BCUT2D eigenvalue weighted by atomic mass is 16.5. The fourth-order valence-electron chi connectivity index (χ4n) is 2.27. The van der Waals surface area contributed by atoms with Crippen LogP contribution in [0.25, 0.3) is 0 Å². The van der Waals surface area contributed by atoms with E-state index in [1.165, 1.54) is 13.2 Å². The summed E-state index contributed by atoms with van der Waals surface area (Å²) in [5.74, 6) is -1.02. The van der Waals surface area contributed by atoms with E-state index in [1.54, 1.807) is 37.3 Å². The number of carbonyl (C=O) groups is 2. The van der Waals surface area contributed by atoms with E-state index in [4.69, 9.17) is 4.74 Å². The summed E-state index contributed by atoms with van der Waals surface area (Å²) < 4.78 is 5.24. The van der Waals surface area contributed by atoms with Gasteiger partial charge >= 0.3 is 5.97 Å². The number of rotatable bonds is 4. The van der Waals surface area contributed by atoms with Crippen molar-refractivity contribution in [1.82, 2.24) is 0 Å². The molecule has 0 saturated heterocycles. The van der Waals surface area contributed by atoms with Crippen molar-refractivity contribution in [3.05, 3.63) is 64.2 Å². The zero-order valence-corrected chi connectivity index (χ0v) is 12.1. The van der Waals surface area contributed by atoms with E-state index in [0.717, 1.165) is 5.56 Å². The van der Waals surface area contributed by atoms with Crippen LogP contribution in [0.2, 0.25) is 0 Å². The van der Waals surface area contributed by atoms with Crippen LogP contribution in [0.5, 0.6) is 5.75 Å². The third-order valence-corrected chi connectivity index (χ3v) is 3.33. The number of aryl methyl sites for hydroxylation is 2. The van der Waals surface area contributed by atoms with Crippen LogP contribution >= 0.6 is 0 Å². The Labute approximate surface area is 123 Å². The van der Waals surface area contributed by atoms with Crippen LogP contribution in [-0.4, -0.2) is 24.0 Å². The van der Waals surface area contributed by atoms with Gasteiger partial charge in [-0.25, -0.2) is 4.79 Å². The molecule has 108 valence electrons. The van der Waals surface area contributed by atoms with E-state index >= 15 is 0 Å². The highest BCUT2D eigenvalue weighted by Crippen LogP contribution is 2.26. The lowest BCUT2D eigenvalue weighted by Gasteiger charge is -2.12. The van der Waals surface area contributed by atoms with Crippen LogP contribution in [0.15, 0.2) is 36.4 Å². The molecule has 2 aromatic rings. The maximum atomic E-state index is 12.7. The number of ether oxygens (including phenoxy) is 1. The number of ketones is 1. The Balaban J connectivity index is 2.63. The third kappa shape index (κ3) is 2.79. The Hall–Kier alpha value is -2.62. The van der Waals surface area contributed by atoms with Gasteiger partial charge in [0.15, 0.2) is 5.78 Å². The molecule has 0 radical (unpaired) electrons. The van der Waals surface area contributed by atoms with Gasteiger partial charge in [0.2, 0.25) is 0 Å². The lowest BCUT2D eigenvalue weighted by atomic mass is 9.93. The molecule has 4 heteroatoms. The van der Waals surface area contributed by atoms with E-state index < -0.39 is 5.97 Å². The Morgan fingerprint density at radius 1 is 1.05 bits per heavy atom. The second-order valence-electron chi connectivity index (χ2n) is 4.84. The van der Waals surface area contributed by atoms with Crippen molar-refractivity contribution >= 4 is 11.8 Å². The molecule has 4 nitrogen and oxygen atoms in total. The Bertz CT molecular complexity index is 717. The van der Waals surface area contributed by atoms with Gasteiger partial charge in [0, 0.05) is 5.56 Å². The molecule has 21 heavy (non-hydrogen) atoms. The van der Waals surface area contributed by atoms with Crippen molar-refractivity contribution in [2.45, 2.75) is 13.8 Å². The molecule has 0 aliphatic carbocycles. The average Bonchev–Trinajstić information content (AvgIpc) is 2.46. The smallest absolute Gasteiger partial charge is 0.336 e.